The van der Waals surface area contributed by atoms with Crippen LogP contribution in [0.25, 0.3) is 10.9 Å². The summed E-state index contributed by atoms with van der Waals surface area (Å²) in [5, 5.41) is 12.8. The molecule has 0 radical (unpaired) electrons. The highest BCUT2D eigenvalue weighted by Crippen LogP contribution is 2.36. The van der Waals surface area contributed by atoms with Crippen LogP contribution in [0.5, 0.6) is 5.75 Å². The smallest absolute Gasteiger partial charge is 0.433 e. The van der Waals surface area contributed by atoms with Crippen molar-refractivity contribution in [2.45, 2.75) is 84.9 Å². The van der Waals surface area contributed by atoms with E-state index in [0.29, 0.717) is 5.39 Å². The summed E-state index contributed by atoms with van der Waals surface area (Å²) in [4.78, 5) is 43.0. The summed E-state index contributed by atoms with van der Waals surface area (Å²) in [6.45, 7) is 11.7. The number of carboxylic acids is 1. The van der Waals surface area contributed by atoms with Crippen LogP contribution < -0.4 is 10.1 Å². The van der Waals surface area contributed by atoms with Gasteiger partial charge in [0, 0.05) is 17.9 Å². The van der Waals surface area contributed by atoms with E-state index in [1.165, 1.54) is 6.07 Å². The van der Waals surface area contributed by atoms with Crippen LogP contribution in [0.3, 0.4) is 0 Å². The van der Waals surface area contributed by atoms with Crippen LogP contribution >= 0.6 is 0 Å². The molecular weight excluding hydrogens is 519 g/mol. The number of hydrogen-bond acceptors (Lipinski definition) is 6. The van der Waals surface area contributed by atoms with Gasteiger partial charge in [-0.3, -0.25) is 4.79 Å². The fourth-order valence-electron chi connectivity index (χ4n) is 4.33. The fourth-order valence-corrected chi connectivity index (χ4v) is 4.33. The maximum absolute atomic E-state index is 13.6. The van der Waals surface area contributed by atoms with Gasteiger partial charge in [0.2, 0.25) is 5.91 Å². The average Bonchev–Trinajstić information content (AvgIpc) is 3.19. The highest BCUT2D eigenvalue weighted by Gasteiger charge is 2.46. The number of carbonyl (C=O) groups is 3. The van der Waals surface area contributed by atoms with E-state index in [4.69, 9.17) is 9.47 Å². The van der Waals surface area contributed by atoms with Gasteiger partial charge in [0.25, 0.3) is 0 Å². The van der Waals surface area contributed by atoms with Gasteiger partial charge in [0.05, 0.1) is 12.1 Å². The fraction of sp³-hybridized carbons (Fsp3) is 0.556. The van der Waals surface area contributed by atoms with Crippen LogP contribution in [0.15, 0.2) is 24.3 Å². The summed E-state index contributed by atoms with van der Waals surface area (Å²) in [5.74, 6) is -2.08. The van der Waals surface area contributed by atoms with Gasteiger partial charge in [-0.2, -0.15) is 13.2 Å². The Morgan fingerprint density at radius 1 is 1.10 bits per heavy atom. The predicted molar refractivity (Wildman–Crippen MR) is 136 cm³/mol. The number of ether oxygens (including phenoxy) is 2. The molecular formula is C27H34F3N3O6. The molecule has 1 fully saturated rings. The molecule has 0 saturated carbocycles. The van der Waals surface area contributed by atoms with E-state index in [1.807, 2.05) is 0 Å². The van der Waals surface area contributed by atoms with Crippen molar-refractivity contribution < 1.29 is 42.1 Å². The molecule has 2 heterocycles. The van der Waals surface area contributed by atoms with Gasteiger partial charge in [-0.25, -0.2) is 14.6 Å². The quantitative estimate of drug-likeness (QED) is 0.539. The average molecular weight is 554 g/mol. The molecule has 12 heteroatoms. The second-order valence-electron chi connectivity index (χ2n) is 11.8. The van der Waals surface area contributed by atoms with Crippen molar-refractivity contribution in [1.29, 1.82) is 0 Å². The first kappa shape index (κ1) is 30.0. The van der Waals surface area contributed by atoms with E-state index < -0.39 is 59.0 Å². The molecule has 39 heavy (non-hydrogen) atoms. The second-order valence-corrected chi connectivity index (χ2v) is 11.8. The molecule has 9 nitrogen and oxygen atoms in total. The number of carboxylic acid groups (broad SMARTS) is 1. The number of halogens is 3. The number of carbonyl (C=O) groups excluding carboxylic acids is 2. The third-order valence-electron chi connectivity index (χ3n) is 6.12. The van der Waals surface area contributed by atoms with Crippen LogP contribution in [0.4, 0.5) is 18.0 Å². The Labute approximate surface area is 224 Å². The van der Waals surface area contributed by atoms with Gasteiger partial charge in [0.1, 0.15) is 35.2 Å². The third-order valence-corrected chi connectivity index (χ3v) is 6.12. The van der Waals surface area contributed by atoms with E-state index in [-0.39, 0.29) is 24.2 Å². The van der Waals surface area contributed by atoms with E-state index in [2.05, 4.69) is 10.3 Å². The van der Waals surface area contributed by atoms with Gasteiger partial charge in [-0.15, -0.1) is 0 Å². The van der Waals surface area contributed by atoms with Crippen molar-refractivity contribution in [2.75, 3.05) is 6.54 Å². The molecule has 1 aromatic heterocycles. The molecule has 2 aromatic rings. The number of alkyl carbamates (subject to hydrolysis) is 1. The van der Waals surface area contributed by atoms with Crippen LogP contribution in [0.1, 0.15) is 59.2 Å². The van der Waals surface area contributed by atoms with Crippen LogP contribution in [-0.4, -0.2) is 63.3 Å². The Bertz CT molecular complexity index is 1270. The standard InChI is InChI=1S/C27H34F3N3O6/c1-14-8-9-17-16(10-14)19(12-20(31-17)27(28,29)30)38-15-11-18(23(35)36)33(13-15)22(34)21(25(2,3)4)32-24(37)39-26(5,6)7/h8-10,12,15,18,21H,11,13H2,1-7H3,(H,32,37)(H,35,36)/t15-,18+,21-/m1/s1. The van der Waals surface area contributed by atoms with Crippen LogP contribution in [0, 0.1) is 12.3 Å². The van der Waals surface area contributed by atoms with E-state index in [9.17, 15) is 32.7 Å². The predicted octanol–water partition coefficient (Wildman–Crippen LogP) is 4.93. The summed E-state index contributed by atoms with van der Waals surface area (Å²) < 4.78 is 51.8. The Balaban J connectivity index is 1.93. The largest absolute Gasteiger partial charge is 0.488 e. The van der Waals surface area contributed by atoms with Crippen molar-refractivity contribution in [3.05, 3.63) is 35.5 Å². The number of benzene rings is 1. The lowest BCUT2D eigenvalue weighted by Crippen LogP contribution is -2.57. The molecule has 3 atom stereocenters. The Hall–Kier alpha value is -3.57. The number of fused-ring (bicyclic) bond motifs is 1. The lowest BCUT2D eigenvalue weighted by Gasteiger charge is -2.35. The number of hydrogen-bond donors (Lipinski definition) is 2. The minimum Gasteiger partial charge on any atom is -0.488 e. The molecule has 1 aliphatic heterocycles. The van der Waals surface area contributed by atoms with Gasteiger partial charge in [-0.05, 0) is 45.2 Å². The van der Waals surface area contributed by atoms with E-state index in [1.54, 1.807) is 60.6 Å². The molecule has 1 aromatic carbocycles. The number of aliphatic carboxylic acids is 1. The molecule has 2 N–H and O–H groups in total. The zero-order valence-corrected chi connectivity index (χ0v) is 23.0. The monoisotopic (exact) mass is 553 g/mol. The Kier molecular flexibility index (Phi) is 8.10. The maximum atomic E-state index is 13.6. The van der Waals surface area contributed by atoms with E-state index in [0.717, 1.165) is 16.5 Å². The zero-order valence-electron chi connectivity index (χ0n) is 23.0. The second kappa shape index (κ2) is 10.5. The molecule has 1 aliphatic rings. The topological polar surface area (TPSA) is 118 Å². The number of likely N-dealkylation sites (tertiary alicyclic amines) is 1. The number of pyridine rings is 1. The van der Waals surface area contributed by atoms with E-state index >= 15 is 0 Å². The lowest BCUT2D eigenvalue weighted by atomic mass is 9.85. The molecule has 0 aliphatic carbocycles. The normalized spacial score (nSPS) is 19.1. The number of aromatic nitrogens is 1. The summed E-state index contributed by atoms with van der Waals surface area (Å²) in [6.07, 6.45) is -6.66. The molecule has 0 bridgehead atoms. The number of rotatable bonds is 5. The van der Waals surface area contributed by atoms with Crippen molar-refractivity contribution in [3.63, 3.8) is 0 Å². The molecule has 1 saturated heterocycles. The number of alkyl halides is 3. The van der Waals surface area contributed by atoms with Gasteiger partial charge < -0.3 is 24.8 Å². The van der Waals surface area contributed by atoms with Crippen molar-refractivity contribution >= 4 is 28.9 Å². The van der Waals surface area contributed by atoms with Gasteiger partial charge in [0.15, 0.2) is 0 Å². The molecule has 2 amide bonds. The minimum absolute atomic E-state index is 0.0699. The SMILES string of the molecule is Cc1ccc2nc(C(F)(F)F)cc(O[C@@H]3C[C@@H](C(=O)O)N(C(=O)[C@@H](NC(=O)OC(C)(C)C)C(C)(C)C)C3)c2c1. The van der Waals surface area contributed by atoms with Crippen LogP contribution in [0.2, 0.25) is 0 Å². The molecule has 3 rings (SSSR count). The zero-order chi connectivity index (χ0) is 29.5. The first-order valence-electron chi connectivity index (χ1n) is 12.4. The minimum atomic E-state index is -4.73. The highest BCUT2D eigenvalue weighted by atomic mass is 19.4. The Morgan fingerprint density at radius 2 is 1.74 bits per heavy atom. The number of amides is 2. The molecule has 0 unspecified atom stereocenters. The number of nitrogens with zero attached hydrogens (tertiary/aromatic N) is 2. The highest BCUT2D eigenvalue weighted by molar-refractivity contribution is 5.91. The van der Waals surface area contributed by atoms with Crippen molar-refractivity contribution in [2.24, 2.45) is 5.41 Å². The summed E-state index contributed by atoms with van der Waals surface area (Å²) in [7, 11) is 0. The molecule has 214 valence electrons. The summed E-state index contributed by atoms with van der Waals surface area (Å²) in [6, 6.07) is 3.03. The Morgan fingerprint density at radius 3 is 2.28 bits per heavy atom. The van der Waals surface area contributed by atoms with Gasteiger partial charge >= 0.3 is 18.2 Å². The van der Waals surface area contributed by atoms with Crippen LogP contribution in [-0.2, 0) is 20.5 Å². The first-order chi connectivity index (χ1) is 17.8. The maximum Gasteiger partial charge on any atom is 0.433 e. The number of nitrogens with one attached hydrogen (secondary N) is 1. The van der Waals surface area contributed by atoms with Crippen molar-refractivity contribution in [1.82, 2.24) is 15.2 Å². The van der Waals surface area contributed by atoms with Gasteiger partial charge in [-0.1, -0.05) is 32.4 Å². The van der Waals surface area contributed by atoms with Crippen molar-refractivity contribution in [3.8, 4) is 5.75 Å². The summed E-state index contributed by atoms with van der Waals surface area (Å²) in [5.41, 5.74) is -1.96. The third kappa shape index (κ3) is 7.30. The first-order valence-corrected chi connectivity index (χ1v) is 12.4. The summed E-state index contributed by atoms with van der Waals surface area (Å²) >= 11 is 0. The number of aryl methyl sites for hydroxylation is 1. The lowest BCUT2D eigenvalue weighted by molar-refractivity contribution is -0.150. The molecule has 0 spiro atoms.